The predicted octanol–water partition coefficient (Wildman–Crippen LogP) is 7.14. The van der Waals surface area contributed by atoms with Crippen molar-refractivity contribution < 1.29 is 23.8 Å². The van der Waals surface area contributed by atoms with E-state index in [1.54, 1.807) is 14.2 Å². The molecule has 0 atom stereocenters. The molecule has 3 aliphatic rings. The summed E-state index contributed by atoms with van der Waals surface area (Å²) in [4.78, 5) is 29.3. The van der Waals surface area contributed by atoms with E-state index in [0.717, 1.165) is 76.8 Å². The highest BCUT2D eigenvalue weighted by Gasteiger charge is 2.43. The number of benzene rings is 2. The molecule has 0 saturated carbocycles. The maximum Gasteiger partial charge on any atom is 0.180 e. The van der Waals surface area contributed by atoms with Crippen molar-refractivity contribution in [3.05, 3.63) is 79.6 Å². The number of hydrogen-bond acceptors (Lipinski definition) is 6. The van der Waals surface area contributed by atoms with Crippen LogP contribution in [0.1, 0.15) is 62.0 Å². The van der Waals surface area contributed by atoms with Gasteiger partial charge in [-0.05, 0) is 55.9 Å². The first-order chi connectivity index (χ1) is 18.9. The molecule has 6 nitrogen and oxygen atoms in total. The fourth-order valence-electron chi connectivity index (χ4n) is 6.00. The molecule has 0 saturated heterocycles. The topological polar surface area (TPSA) is 65.1 Å². The maximum absolute atomic E-state index is 13.5. The summed E-state index contributed by atoms with van der Waals surface area (Å²) in [5, 5.41) is 0.384. The summed E-state index contributed by atoms with van der Waals surface area (Å²) in [6.45, 7) is 1.66. The maximum atomic E-state index is 13.5. The Morgan fingerprint density at radius 3 is 2.26 bits per heavy atom. The van der Waals surface area contributed by atoms with Crippen LogP contribution in [0.4, 0.5) is 0 Å². The van der Waals surface area contributed by atoms with Crippen molar-refractivity contribution in [2.24, 2.45) is 0 Å². The summed E-state index contributed by atoms with van der Waals surface area (Å²) in [7, 11) is 3.27. The lowest BCUT2D eigenvalue weighted by atomic mass is 9.71. The number of carbonyl (C=O) groups is 2. The lowest BCUT2D eigenvalue weighted by molar-refractivity contribution is -0.117. The standard InChI is InChI=1S/C31H33BrClNO5/c1-37-15-7-14-34-23-10-5-12-25(35)29(23)28(30-24(34)11-6-13-26(30)36)20-16-22(33)31(27(17-20)38-2)39-18-19-8-3-4-9-21(19)32/h3-4,8-9,16-17,28H,5-7,10-15,18H2,1-2H3. The lowest BCUT2D eigenvalue weighted by Gasteiger charge is -2.44. The molecule has 1 aliphatic heterocycles. The van der Waals surface area contributed by atoms with Crippen molar-refractivity contribution >= 4 is 39.1 Å². The fourth-order valence-corrected chi connectivity index (χ4v) is 6.67. The quantitative estimate of drug-likeness (QED) is 0.280. The van der Waals surface area contributed by atoms with Crippen LogP contribution >= 0.6 is 27.5 Å². The van der Waals surface area contributed by atoms with Gasteiger partial charge < -0.3 is 19.1 Å². The molecular formula is C31H33BrClNO5. The molecule has 1 heterocycles. The zero-order chi connectivity index (χ0) is 27.5. The summed E-state index contributed by atoms with van der Waals surface area (Å²) >= 11 is 10.4. The van der Waals surface area contributed by atoms with Crippen molar-refractivity contribution in [3.8, 4) is 11.5 Å². The first-order valence-corrected chi connectivity index (χ1v) is 14.6. The van der Waals surface area contributed by atoms with Crippen molar-refractivity contribution in [2.75, 3.05) is 27.4 Å². The third-order valence-corrected chi connectivity index (χ3v) is 8.79. The van der Waals surface area contributed by atoms with Crippen LogP contribution in [0, 0.1) is 0 Å². The summed E-state index contributed by atoms with van der Waals surface area (Å²) in [5.41, 5.74) is 5.31. The average Bonchev–Trinajstić information content (AvgIpc) is 2.93. The minimum Gasteiger partial charge on any atom is -0.493 e. The van der Waals surface area contributed by atoms with Gasteiger partial charge >= 0.3 is 0 Å². The van der Waals surface area contributed by atoms with Crippen molar-refractivity contribution in [1.82, 2.24) is 4.90 Å². The van der Waals surface area contributed by atoms with Gasteiger partial charge in [0.05, 0.1) is 12.1 Å². The molecule has 2 aromatic carbocycles. The van der Waals surface area contributed by atoms with Gasteiger partial charge in [0.2, 0.25) is 0 Å². The Morgan fingerprint density at radius 2 is 1.64 bits per heavy atom. The molecule has 8 heteroatoms. The normalized spacial score (nSPS) is 17.9. The summed E-state index contributed by atoms with van der Waals surface area (Å²) in [5.74, 6) is 0.657. The van der Waals surface area contributed by atoms with Gasteiger partial charge in [-0.1, -0.05) is 45.7 Å². The number of methoxy groups -OCH3 is 2. The second-order valence-electron chi connectivity index (χ2n) is 10.1. The van der Waals surface area contributed by atoms with Gasteiger partial charge in [0.15, 0.2) is 23.1 Å². The minimum absolute atomic E-state index is 0.104. The molecule has 2 aromatic rings. The van der Waals surface area contributed by atoms with Crippen LogP contribution in [-0.4, -0.2) is 43.8 Å². The second-order valence-corrected chi connectivity index (χ2v) is 11.4. The van der Waals surface area contributed by atoms with E-state index in [2.05, 4.69) is 20.8 Å². The summed E-state index contributed by atoms with van der Waals surface area (Å²) in [6, 6.07) is 11.6. The molecule has 0 radical (unpaired) electrons. The minimum atomic E-state index is -0.460. The first kappa shape index (κ1) is 27.9. The highest BCUT2D eigenvalue weighted by atomic mass is 79.9. The van der Waals surface area contributed by atoms with E-state index >= 15 is 0 Å². The number of carbonyl (C=O) groups excluding carboxylic acids is 2. The Kier molecular flexibility index (Phi) is 8.79. The smallest absolute Gasteiger partial charge is 0.180 e. The van der Waals surface area contributed by atoms with E-state index in [1.165, 1.54) is 0 Å². The zero-order valence-electron chi connectivity index (χ0n) is 22.4. The van der Waals surface area contributed by atoms with Gasteiger partial charge in [0.1, 0.15) is 6.61 Å². The third-order valence-electron chi connectivity index (χ3n) is 7.73. The number of rotatable bonds is 9. The summed E-state index contributed by atoms with van der Waals surface area (Å²) in [6.07, 6.45) is 5.04. The molecule has 0 fully saturated rings. The highest BCUT2D eigenvalue weighted by Crippen LogP contribution is 2.51. The van der Waals surface area contributed by atoms with E-state index < -0.39 is 5.92 Å². The number of ether oxygens (including phenoxy) is 3. The van der Waals surface area contributed by atoms with Gasteiger partial charge in [0, 0.05) is 71.6 Å². The van der Waals surface area contributed by atoms with Crippen LogP contribution in [0.2, 0.25) is 5.02 Å². The molecule has 39 heavy (non-hydrogen) atoms. The van der Waals surface area contributed by atoms with Gasteiger partial charge in [-0.3, -0.25) is 9.59 Å². The largest absolute Gasteiger partial charge is 0.493 e. The van der Waals surface area contributed by atoms with Crippen molar-refractivity contribution in [3.63, 3.8) is 0 Å². The number of Topliss-reactive ketones (excluding diaryl/α,β-unsaturated/α-hetero) is 2. The molecule has 0 amide bonds. The Morgan fingerprint density at radius 1 is 0.974 bits per heavy atom. The number of ketones is 2. The Hall–Kier alpha value is -2.61. The Labute approximate surface area is 243 Å². The Bertz CT molecular complexity index is 1310. The van der Waals surface area contributed by atoms with Crippen LogP contribution < -0.4 is 9.47 Å². The monoisotopic (exact) mass is 613 g/mol. The SMILES string of the molecule is COCCCN1C2=C(C(=O)CCC2)C(c2cc(Cl)c(OCc3ccccc3Br)c(OC)c2)C2=C1CCCC2=O. The van der Waals surface area contributed by atoms with Crippen molar-refractivity contribution in [1.29, 1.82) is 0 Å². The van der Waals surface area contributed by atoms with Crippen LogP contribution in [0.25, 0.3) is 0 Å². The molecule has 0 spiro atoms. The van der Waals surface area contributed by atoms with E-state index in [1.807, 2.05) is 36.4 Å². The van der Waals surface area contributed by atoms with Crippen LogP contribution in [0.15, 0.2) is 63.4 Å². The second kappa shape index (κ2) is 12.3. The molecular weight excluding hydrogens is 582 g/mol. The molecule has 0 N–H and O–H groups in total. The van der Waals surface area contributed by atoms with Gasteiger partial charge in [-0.25, -0.2) is 0 Å². The van der Waals surface area contributed by atoms with Gasteiger partial charge in [-0.15, -0.1) is 0 Å². The zero-order valence-corrected chi connectivity index (χ0v) is 24.7. The molecule has 0 aromatic heterocycles. The van der Waals surface area contributed by atoms with Crippen molar-refractivity contribution in [2.45, 2.75) is 57.5 Å². The van der Waals surface area contributed by atoms with E-state index in [9.17, 15) is 9.59 Å². The molecule has 206 valence electrons. The fraction of sp³-hybridized carbons (Fsp3) is 0.419. The molecule has 0 bridgehead atoms. The van der Waals surface area contributed by atoms with Gasteiger partial charge in [0.25, 0.3) is 0 Å². The lowest BCUT2D eigenvalue weighted by Crippen LogP contribution is -2.39. The Balaban J connectivity index is 1.58. The number of halogens is 2. The van der Waals surface area contributed by atoms with Gasteiger partial charge in [-0.2, -0.15) is 0 Å². The van der Waals surface area contributed by atoms with E-state index in [4.69, 9.17) is 25.8 Å². The number of hydrogen-bond donors (Lipinski definition) is 0. The first-order valence-electron chi connectivity index (χ1n) is 13.5. The molecule has 2 aliphatic carbocycles. The molecule has 0 unspecified atom stereocenters. The predicted molar refractivity (Wildman–Crippen MR) is 154 cm³/mol. The van der Waals surface area contributed by atoms with Crippen LogP contribution in [0.3, 0.4) is 0 Å². The molecule has 5 rings (SSSR count). The van der Waals surface area contributed by atoms with E-state index in [-0.39, 0.29) is 11.6 Å². The summed E-state index contributed by atoms with van der Waals surface area (Å²) < 4.78 is 18.1. The average molecular weight is 615 g/mol. The van der Waals surface area contributed by atoms with Crippen LogP contribution in [-0.2, 0) is 20.9 Å². The number of nitrogens with zero attached hydrogens (tertiary/aromatic N) is 1. The highest BCUT2D eigenvalue weighted by molar-refractivity contribution is 9.10. The third kappa shape index (κ3) is 5.54. The van der Waals surface area contributed by atoms with Crippen LogP contribution in [0.5, 0.6) is 11.5 Å². The number of allylic oxidation sites excluding steroid dienone is 4. The van der Waals surface area contributed by atoms with E-state index in [0.29, 0.717) is 42.6 Å².